The highest BCUT2D eigenvalue weighted by atomic mass is 16.6. The largest absolute Gasteiger partial charge is 0.460 e. The fourth-order valence-corrected chi connectivity index (χ4v) is 2.59. The predicted octanol–water partition coefficient (Wildman–Crippen LogP) is 3.02. The van der Waals surface area contributed by atoms with Gasteiger partial charge < -0.3 is 34.2 Å². The van der Waals surface area contributed by atoms with Gasteiger partial charge in [0, 0.05) is 12.3 Å². The van der Waals surface area contributed by atoms with Crippen LogP contribution in [0.15, 0.2) is 24.3 Å². The summed E-state index contributed by atoms with van der Waals surface area (Å²) in [6, 6.07) is 7.94. The molecule has 0 heterocycles. The highest BCUT2D eigenvalue weighted by Crippen LogP contribution is 2.08. The van der Waals surface area contributed by atoms with E-state index in [0.717, 1.165) is 18.5 Å². The lowest BCUT2D eigenvalue weighted by molar-refractivity contribution is -0.156. The van der Waals surface area contributed by atoms with E-state index in [1.807, 2.05) is 45.0 Å². The minimum Gasteiger partial charge on any atom is -0.460 e. The third-order valence-corrected chi connectivity index (χ3v) is 4.09. The van der Waals surface area contributed by atoms with E-state index in [-0.39, 0.29) is 12.4 Å². The number of anilines is 1. The Morgan fingerprint density at radius 2 is 1.16 bits per heavy atom. The SMILES string of the molecule is CC(C)(C)OC(=O)CCOCCOCCOCCOCCOCCCc1ccc(N)cc1. The molecule has 0 fully saturated rings. The highest BCUT2D eigenvalue weighted by Gasteiger charge is 2.15. The van der Waals surface area contributed by atoms with Crippen molar-refractivity contribution in [3.63, 3.8) is 0 Å². The minimum absolute atomic E-state index is 0.245. The molecular formula is C24H41NO7. The summed E-state index contributed by atoms with van der Waals surface area (Å²) < 4.78 is 32.4. The maximum atomic E-state index is 11.5. The number of hydrogen-bond acceptors (Lipinski definition) is 8. The molecule has 0 unspecified atom stereocenters. The zero-order chi connectivity index (χ0) is 23.5. The topological polar surface area (TPSA) is 98.5 Å². The van der Waals surface area contributed by atoms with Gasteiger partial charge in [-0.15, -0.1) is 0 Å². The molecule has 1 rings (SSSR count). The van der Waals surface area contributed by atoms with E-state index in [1.54, 1.807) is 0 Å². The Balaban J connectivity index is 1.74. The molecule has 8 heteroatoms. The molecule has 0 atom stereocenters. The van der Waals surface area contributed by atoms with Crippen LogP contribution in [-0.4, -0.2) is 77.6 Å². The summed E-state index contributed by atoms with van der Waals surface area (Å²) in [6.07, 6.45) is 2.20. The van der Waals surface area contributed by atoms with Gasteiger partial charge in [-0.2, -0.15) is 0 Å². The summed E-state index contributed by atoms with van der Waals surface area (Å²) in [7, 11) is 0. The molecule has 1 aromatic carbocycles. The van der Waals surface area contributed by atoms with Crippen LogP contribution < -0.4 is 5.73 Å². The van der Waals surface area contributed by atoms with E-state index < -0.39 is 5.60 Å². The fourth-order valence-electron chi connectivity index (χ4n) is 2.59. The van der Waals surface area contributed by atoms with Gasteiger partial charge >= 0.3 is 5.97 Å². The Bertz CT molecular complexity index is 587. The number of esters is 1. The number of nitrogen functional groups attached to an aromatic ring is 1. The summed E-state index contributed by atoms with van der Waals surface area (Å²) in [6.45, 7) is 10.7. The zero-order valence-corrected chi connectivity index (χ0v) is 19.9. The molecule has 0 radical (unpaired) electrons. The van der Waals surface area contributed by atoms with Crippen molar-refractivity contribution >= 4 is 11.7 Å². The maximum Gasteiger partial charge on any atom is 0.308 e. The molecule has 0 aliphatic carbocycles. The lowest BCUT2D eigenvalue weighted by Gasteiger charge is -2.19. The van der Waals surface area contributed by atoms with E-state index >= 15 is 0 Å². The molecule has 1 aromatic rings. The third kappa shape index (κ3) is 17.9. The first-order valence-corrected chi connectivity index (χ1v) is 11.3. The first-order chi connectivity index (χ1) is 15.4. The molecule has 0 spiro atoms. The molecule has 0 saturated carbocycles. The van der Waals surface area contributed by atoms with Gasteiger partial charge in [0.15, 0.2) is 0 Å². The van der Waals surface area contributed by atoms with Crippen molar-refractivity contribution in [1.82, 2.24) is 0 Å². The average Bonchev–Trinajstić information content (AvgIpc) is 2.73. The van der Waals surface area contributed by atoms with Crippen molar-refractivity contribution in [3.05, 3.63) is 29.8 Å². The lowest BCUT2D eigenvalue weighted by Crippen LogP contribution is -2.24. The average molecular weight is 456 g/mol. The summed E-state index contributed by atoms with van der Waals surface area (Å²) in [5.74, 6) is -0.255. The van der Waals surface area contributed by atoms with Crippen molar-refractivity contribution in [2.45, 2.75) is 45.6 Å². The van der Waals surface area contributed by atoms with Gasteiger partial charge in [0.2, 0.25) is 0 Å². The number of rotatable bonds is 19. The maximum absolute atomic E-state index is 11.5. The number of hydrogen-bond donors (Lipinski definition) is 1. The van der Waals surface area contributed by atoms with Crippen LogP contribution in [0.5, 0.6) is 0 Å². The second-order valence-corrected chi connectivity index (χ2v) is 8.24. The Hall–Kier alpha value is -1.71. The smallest absolute Gasteiger partial charge is 0.308 e. The van der Waals surface area contributed by atoms with E-state index in [0.29, 0.717) is 66.1 Å². The van der Waals surface area contributed by atoms with Crippen molar-refractivity contribution in [3.8, 4) is 0 Å². The number of ether oxygens (including phenoxy) is 6. The van der Waals surface area contributed by atoms with E-state index in [9.17, 15) is 4.79 Å². The van der Waals surface area contributed by atoms with Gasteiger partial charge in [-0.05, 0) is 51.3 Å². The number of nitrogens with two attached hydrogens (primary N) is 1. The summed E-state index contributed by atoms with van der Waals surface area (Å²) in [4.78, 5) is 11.5. The van der Waals surface area contributed by atoms with Crippen molar-refractivity contribution < 1.29 is 33.2 Å². The lowest BCUT2D eigenvalue weighted by atomic mass is 10.1. The molecule has 0 amide bonds. The van der Waals surface area contributed by atoms with Crippen molar-refractivity contribution in [2.75, 3.05) is 71.8 Å². The van der Waals surface area contributed by atoms with E-state index in [1.165, 1.54) is 5.56 Å². The molecule has 0 aromatic heterocycles. The Labute approximate surface area is 192 Å². The van der Waals surface area contributed by atoms with Crippen LogP contribution in [0, 0.1) is 0 Å². The summed E-state index contributed by atoms with van der Waals surface area (Å²) in [5.41, 5.74) is 7.27. The Kier molecular flexibility index (Phi) is 15.8. The minimum atomic E-state index is -0.460. The highest BCUT2D eigenvalue weighted by molar-refractivity contribution is 5.69. The number of benzene rings is 1. The second-order valence-electron chi connectivity index (χ2n) is 8.24. The number of aryl methyl sites for hydroxylation is 1. The van der Waals surface area contributed by atoms with Gasteiger partial charge in [-0.3, -0.25) is 4.79 Å². The van der Waals surface area contributed by atoms with Gasteiger partial charge in [-0.25, -0.2) is 0 Å². The number of carbonyl (C=O) groups excluding carboxylic acids is 1. The van der Waals surface area contributed by atoms with Crippen LogP contribution >= 0.6 is 0 Å². The zero-order valence-electron chi connectivity index (χ0n) is 19.9. The normalized spacial score (nSPS) is 11.6. The van der Waals surface area contributed by atoms with E-state index in [2.05, 4.69) is 0 Å². The Morgan fingerprint density at radius 1 is 0.719 bits per heavy atom. The van der Waals surface area contributed by atoms with Crippen LogP contribution in [0.1, 0.15) is 39.2 Å². The van der Waals surface area contributed by atoms with Gasteiger partial charge in [0.05, 0.1) is 65.9 Å². The quantitative estimate of drug-likeness (QED) is 0.193. The third-order valence-electron chi connectivity index (χ3n) is 4.09. The van der Waals surface area contributed by atoms with Crippen molar-refractivity contribution in [1.29, 1.82) is 0 Å². The van der Waals surface area contributed by atoms with Crippen molar-refractivity contribution in [2.24, 2.45) is 0 Å². The standard InChI is InChI=1S/C24H41NO7/c1-24(2,3)32-23(26)10-12-28-14-16-30-18-20-31-19-17-29-15-13-27-11-4-5-21-6-8-22(25)9-7-21/h6-9H,4-5,10-20,25H2,1-3H3. The number of carbonyl (C=O) groups is 1. The van der Waals surface area contributed by atoms with Crippen LogP contribution in [0.4, 0.5) is 5.69 Å². The molecule has 184 valence electrons. The first-order valence-electron chi connectivity index (χ1n) is 11.3. The molecule has 0 bridgehead atoms. The fraction of sp³-hybridized carbons (Fsp3) is 0.708. The molecule has 2 N–H and O–H groups in total. The van der Waals surface area contributed by atoms with Crippen LogP contribution in [-0.2, 0) is 39.6 Å². The predicted molar refractivity (Wildman–Crippen MR) is 124 cm³/mol. The monoisotopic (exact) mass is 455 g/mol. The summed E-state index contributed by atoms with van der Waals surface area (Å²) in [5, 5.41) is 0. The molecule has 32 heavy (non-hydrogen) atoms. The first kappa shape index (κ1) is 28.3. The molecule has 0 saturated heterocycles. The molecule has 8 nitrogen and oxygen atoms in total. The van der Waals surface area contributed by atoms with Crippen LogP contribution in [0.25, 0.3) is 0 Å². The van der Waals surface area contributed by atoms with Crippen LogP contribution in [0.2, 0.25) is 0 Å². The van der Waals surface area contributed by atoms with Gasteiger partial charge in [-0.1, -0.05) is 12.1 Å². The molecule has 0 aliphatic heterocycles. The Morgan fingerprint density at radius 3 is 1.62 bits per heavy atom. The van der Waals surface area contributed by atoms with E-state index in [4.69, 9.17) is 34.2 Å². The van der Waals surface area contributed by atoms with Crippen LogP contribution in [0.3, 0.4) is 0 Å². The summed E-state index contributed by atoms with van der Waals surface area (Å²) >= 11 is 0. The van der Waals surface area contributed by atoms with Gasteiger partial charge in [0.25, 0.3) is 0 Å². The second kappa shape index (κ2) is 17.8. The molecule has 0 aliphatic rings. The van der Waals surface area contributed by atoms with Gasteiger partial charge in [0.1, 0.15) is 5.60 Å². The molecular weight excluding hydrogens is 414 g/mol.